The van der Waals surface area contributed by atoms with E-state index >= 15 is 0 Å². The lowest BCUT2D eigenvalue weighted by Crippen LogP contribution is -2.48. The molecule has 0 unspecified atom stereocenters. The average molecular weight is 352 g/mol. The van der Waals surface area contributed by atoms with Gasteiger partial charge in [-0.15, -0.1) is 0 Å². The zero-order valence-electron chi connectivity index (χ0n) is 12.8. The molecule has 0 bridgehead atoms. The number of rotatable bonds is 3. The maximum Gasteiger partial charge on any atom is 0.341 e. The molecule has 3 rings (SSSR count). The second kappa shape index (κ2) is 6.73. The number of aromatic nitrogens is 1. The van der Waals surface area contributed by atoms with Crippen molar-refractivity contribution in [2.45, 2.75) is 5.38 Å². The summed E-state index contributed by atoms with van der Waals surface area (Å²) < 4.78 is 25.2. The Hall–Kier alpha value is -2.21. The Labute approximate surface area is 143 Å². The molecule has 126 valence electrons. The van der Waals surface area contributed by atoms with Crippen LogP contribution in [0.1, 0.15) is 0 Å². The van der Waals surface area contributed by atoms with Crippen LogP contribution in [0.25, 0.3) is 10.9 Å². The van der Waals surface area contributed by atoms with E-state index in [-0.39, 0.29) is 0 Å². The van der Waals surface area contributed by atoms with Gasteiger partial charge in [0.1, 0.15) is 0 Å². The van der Waals surface area contributed by atoms with Crippen LogP contribution in [-0.4, -0.2) is 47.4 Å². The summed E-state index contributed by atoms with van der Waals surface area (Å²) in [5.41, 5.74) is 1.98. The molecule has 1 aromatic heterocycles. The molecular formula is C17H16ClF2N3O. The highest BCUT2D eigenvalue weighted by Gasteiger charge is 2.24. The van der Waals surface area contributed by atoms with E-state index in [1.165, 1.54) is 0 Å². The van der Waals surface area contributed by atoms with Crippen LogP contribution < -0.4 is 4.90 Å². The highest BCUT2D eigenvalue weighted by Crippen LogP contribution is 2.26. The fourth-order valence-corrected chi connectivity index (χ4v) is 2.86. The van der Waals surface area contributed by atoms with Gasteiger partial charge >= 0.3 is 5.38 Å². The second-order valence-electron chi connectivity index (χ2n) is 5.53. The van der Waals surface area contributed by atoms with Crippen molar-refractivity contribution in [1.29, 1.82) is 0 Å². The van der Waals surface area contributed by atoms with E-state index in [9.17, 15) is 13.6 Å². The van der Waals surface area contributed by atoms with Crippen LogP contribution in [0.15, 0.2) is 48.7 Å². The normalized spacial score (nSPS) is 16.1. The van der Waals surface area contributed by atoms with Crippen molar-refractivity contribution in [2.75, 3.05) is 31.1 Å². The van der Waals surface area contributed by atoms with Crippen LogP contribution in [0.2, 0.25) is 0 Å². The van der Waals surface area contributed by atoms with Gasteiger partial charge in [0.25, 0.3) is 0 Å². The van der Waals surface area contributed by atoms with Gasteiger partial charge < -0.3 is 9.80 Å². The minimum atomic E-state index is -3.49. The van der Waals surface area contributed by atoms with E-state index in [4.69, 9.17) is 11.6 Å². The molecule has 24 heavy (non-hydrogen) atoms. The first-order valence-electron chi connectivity index (χ1n) is 7.58. The van der Waals surface area contributed by atoms with Gasteiger partial charge in [0.15, 0.2) is 0 Å². The molecule has 0 N–H and O–H groups in total. The van der Waals surface area contributed by atoms with Gasteiger partial charge in [-0.1, -0.05) is 18.2 Å². The minimum Gasteiger partial charge on any atom is -0.367 e. The summed E-state index contributed by atoms with van der Waals surface area (Å²) in [7, 11) is 0. The number of alkyl halides is 3. The number of hydrogen-bond donors (Lipinski definition) is 0. The number of carbonyl (C=O) groups excluding carboxylic acids is 1. The Morgan fingerprint density at radius 2 is 1.88 bits per heavy atom. The van der Waals surface area contributed by atoms with Crippen molar-refractivity contribution >= 4 is 34.1 Å². The topological polar surface area (TPSA) is 36.4 Å². The Balaban J connectivity index is 1.69. The maximum absolute atomic E-state index is 12.6. The Kier molecular flexibility index (Phi) is 4.66. The third kappa shape index (κ3) is 3.82. The second-order valence-corrected chi connectivity index (χ2v) is 6.04. The number of amides is 1. The largest absolute Gasteiger partial charge is 0.367 e. The van der Waals surface area contributed by atoms with Gasteiger partial charge in [0, 0.05) is 55.6 Å². The molecular weight excluding hydrogens is 336 g/mol. The number of para-hydroxylation sites is 1. The fraction of sp³-hybridized carbons (Fsp3) is 0.294. The van der Waals surface area contributed by atoms with Gasteiger partial charge in [0.05, 0.1) is 5.52 Å². The van der Waals surface area contributed by atoms with Gasteiger partial charge in [0.2, 0.25) is 5.91 Å². The van der Waals surface area contributed by atoms with Crippen LogP contribution in [0.4, 0.5) is 14.5 Å². The number of piperazine rings is 1. The Bertz CT molecular complexity index is 763. The molecule has 2 aromatic rings. The predicted octanol–water partition coefficient (Wildman–Crippen LogP) is 3.27. The molecule has 2 heterocycles. The molecule has 1 aromatic carbocycles. The van der Waals surface area contributed by atoms with Crippen molar-refractivity contribution in [1.82, 2.24) is 9.88 Å². The molecule has 1 saturated heterocycles. The molecule has 0 saturated carbocycles. The summed E-state index contributed by atoms with van der Waals surface area (Å²) in [6.07, 6.45) is 3.02. The maximum atomic E-state index is 12.6. The van der Waals surface area contributed by atoms with Crippen LogP contribution in [-0.2, 0) is 4.79 Å². The third-order valence-corrected chi connectivity index (χ3v) is 4.10. The van der Waals surface area contributed by atoms with Crippen LogP contribution in [0.5, 0.6) is 0 Å². The average Bonchev–Trinajstić information content (AvgIpc) is 2.59. The van der Waals surface area contributed by atoms with Gasteiger partial charge in [-0.05, 0) is 23.7 Å². The standard InChI is InChI=1S/C17H16ClF2N3O/c18-17(19,20)7-5-16(24)23-11-9-22(10-12-23)15-6-8-21-14-4-2-1-3-13(14)15/h1-8H,9-12H2/b7-5-. The fourth-order valence-electron chi connectivity index (χ4n) is 2.80. The zero-order chi connectivity index (χ0) is 17.2. The van der Waals surface area contributed by atoms with Gasteiger partial charge in [-0.25, -0.2) is 0 Å². The molecule has 7 heteroatoms. The molecule has 4 nitrogen and oxygen atoms in total. The van der Waals surface area contributed by atoms with E-state index in [1.54, 1.807) is 11.1 Å². The summed E-state index contributed by atoms with van der Waals surface area (Å²) in [6, 6.07) is 9.82. The van der Waals surface area contributed by atoms with Gasteiger partial charge in [-0.3, -0.25) is 9.78 Å². The molecule has 1 aliphatic heterocycles. The molecule has 0 atom stereocenters. The van der Waals surface area contributed by atoms with Gasteiger partial charge in [-0.2, -0.15) is 8.78 Å². The summed E-state index contributed by atoms with van der Waals surface area (Å²) in [5, 5.41) is -2.44. The van der Waals surface area contributed by atoms with E-state index in [0.717, 1.165) is 22.7 Å². The predicted molar refractivity (Wildman–Crippen MR) is 90.5 cm³/mol. The van der Waals surface area contributed by atoms with Crippen molar-refractivity contribution in [2.24, 2.45) is 0 Å². The number of carbonyl (C=O) groups is 1. The molecule has 1 amide bonds. The number of anilines is 1. The summed E-state index contributed by atoms with van der Waals surface area (Å²) in [5.74, 6) is -0.449. The Morgan fingerprint density at radius 1 is 1.17 bits per heavy atom. The molecule has 0 radical (unpaired) electrons. The van der Waals surface area contributed by atoms with E-state index in [2.05, 4.69) is 9.88 Å². The lowest BCUT2D eigenvalue weighted by Gasteiger charge is -2.36. The molecule has 1 aliphatic rings. The zero-order valence-corrected chi connectivity index (χ0v) is 13.6. The van der Waals surface area contributed by atoms with Crippen LogP contribution >= 0.6 is 11.6 Å². The summed E-state index contributed by atoms with van der Waals surface area (Å²) >= 11 is 4.77. The summed E-state index contributed by atoms with van der Waals surface area (Å²) in [4.78, 5) is 20.0. The number of halogens is 3. The first-order chi connectivity index (χ1) is 11.4. The highest BCUT2D eigenvalue weighted by atomic mass is 35.5. The van der Waals surface area contributed by atoms with E-state index < -0.39 is 11.3 Å². The number of allylic oxidation sites excluding steroid dienone is 1. The first-order valence-corrected chi connectivity index (χ1v) is 7.95. The van der Waals surface area contributed by atoms with Crippen molar-refractivity contribution in [3.05, 3.63) is 48.7 Å². The number of benzene rings is 1. The first kappa shape index (κ1) is 16.6. The minimum absolute atomic E-state index is 0.416. The lowest BCUT2D eigenvalue weighted by molar-refractivity contribution is -0.126. The monoisotopic (exact) mass is 351 g/mol. The van der Waals surface area contributed by atoms with E-state index in [0.29, 0.717) is 32.3 Å². The van der Waals surface area contributed by atoms with E-state index in [1.807, 2.05) is 30.3 Å². The lowest BCUT2D eigenvalue weighted by atomic mass is 10.1. The molecule has 1 fully saturated rings. The number of nitrogens with zero attached hydrogens (tertiary/aromatic N) is 3. The number of fused-ring (bicyclic) bond motifs is 1. The van der Waals surface area contributed by atoms with Crippen molar-refractivity contribution < 1.29 is 13.6 Å². The number of hydrogen-bond acceptors (Lipinski definition) is 3. The molecule has 0 aliphatic carbocycles. The van der Waals surface area contributed by atoms with Crippen LogP contribution in [0, 0.1) is 0 Å². The van der Waals surface area contributed by atoms with Crippen LogP contribution in [0.3, 0.4) is 0 Å². The Morgan fingerprint density at radius 3 is 2.58 bits per heavy atom. The SMILES string of the molecule is O=C(/C=C\C(F)(F)Cl)N1CCN(c2ccnc3ccccc23)CC1. The third-order valence-electron chi connectivity index (χ3n) is 3.97. The van der Waals surface area contributed by atoms with Crippen molar-refractivity contribution in [3.8, 4) is 0 Å². The van der Waals surface area contributed by atoms with Crippen molar-refractivity contribution in [3.63, 3.8) is 0 Å². The smallest absolute Gasteiger partial charge is 0.341 e. The summed E-state index contributed by atoms with van der Waals surface area (Å²) in [6.45, 7) is 2.19. The molecule has 0 spiro atoms. The highest BCUT2D eigenvalue weighted by molar-refractivity contribution is 6.23. The number of pyridine rings is 1. The quantitative estimate of drug-likeness (QED) is 0.629.